The first-order chi connectivity index (χ1) is 33.2. The number of fused-ring (bicyclic) bond motifs is 4. The average Bonchev–Trinajstić information content (AvgIpc) is 3.74. The van der Waals surface area contributed by atoms with E-state index in [4.69, 9.17) is 0 Å². The Morgan fingerprint density at radius 1 is 0.284 bits per heavy atom. The molecule has 0 atom stereocenters. The van der Waals surface area contributed by atoms with E-state index in [2.05, 4.69) is 289 Å². The summed E-state index contributed by atoms with van der Waals surface area (Å²) in [5, 5.41) is 10.4. The van der Waals surface area contributed by atoms with E-state index in [1.54, 1.807) is 0 Å². The van der Waals surface area contributed by atoms with E-state index in [1.165, 1.54) is 75.6 Å². The number of rotatable bonds is 10. The minimum Gasteiger partial charge on any atom is -0.311 e. The molecule has 0 aliphatic heterocycles. The topological polar surface area (TPSA) is 8.17 Å². The fourth-order valence-electron chi connectivity index (χ4n) is 10.4. The summed E-state index contributed by atoms with van der Waals surface area (Å²) in [4.78, 5) is 2.40. The average molecular weight is 871 g/mol. The second-order valence-corrected chi connectivity index (χ2v) is 21.1. The molecule has 0 spiro atoms. The van der Waals surface area contributed by atoms with Crippen molar-refractivity contribution in [1.82, 2.24) is 4.57 Å². The molecule has 0 saturated carbocycles. The molecule has 0 unspecified atom stereocenters. The van der Waals surface area contributed by atoms with Crippen LogP contribution in [0.5, 0.6) is 0 Å². The Balaban J connectivity index is 0.983. The summed E-state index contributed by atoms with van der Waals surface area (Å²) < 4.78 is 2.39. The van der Waals surface area contributed by atoms with Gasteiger partial charge in [0.15, 0.2) is 8.07 Å². The third kappa shape index (κ3) is 7.05. The van der Waals surface area contributed by atoms with Crippen molar-refractivity contribution in [2.24, 2.45) is 0 Å². The molecule has 0 fully saturated rings. The molecule has 0 N–H and O–H groups in total. The number of para-hydroxylation sites is 2. The van der Waals surface area contributed by atoms with E-state index in [1.807, 2.05) is 0 Å². The molecule has 0 amide bonds. The predicted octanol–water partition coefficient (Wildman–Crippen LogP) is 14.1. The molecule has 67 heavy (non-hydrogen) atoms. The minimum atomic E-state index is -2.71. The first kappa shape index (κ1) is 40.0. The number of aromatic nitrogens is 1. The smallest absolute Gasteiger partial charge is 0.179 e. The lowest BCUT2D eigenvalue weighted by atomic mass is 9.98. The second-order valence-electron chi connectivity index (χ2n) is 17.3. The summed E-state index contributed by atoms with van der Waals surface area (Å²) in [6, 6.07) is 103. The van der Waals surface area contributed by atoms with Crippen LogP contribution in [0.15, 0.2) is 279 Å². The van der Waals surface area contributed by atoms with Gasteiger partial charge in [0.1, 0.15) is 0 Å². The highest BCUT2D eigenvalue weighted by Crippen LogP contribution is 2.39. The Labute approximate surface area is 392 Å². The maximum absolute atomic E-state index is 2.71. The van der Waals surface area contributed by atoms with Gasteiger partial charge in [0.25, 0.3) is 0 Å². The number of benzene rings is 11. The van der Waals surface area contributed by atoms with Crippen molar-refractivity contribution in [3.05, 3.63) is 279 Å². The van der Waals surface area contributed by atoms with Gasteiger partial charge in [-0.1, -0.05) is 218 Å². The summed E-state index contributed by atoms with van der Waals surface area (Å²) >= 11 is 0. The molecule has 0 saturated heterocycles. The van der Waals surface area contributed by atoms with Crippen LogP contribution < -0.4 is 25.6 Å². The van der Waals surface area contributed by atoms with Gasteiger partial charge in [0.05, 0.1) is 11.0 Å². The van der Waals surface area contributed by atoms with E-state index in [-0.39, 0.29) is 0 Å². The van der Waals surface area contributed by atoms with Crippen molar-refractivity contribution in [3.8, 4) is 27.9 Å². The number of hydrogen-bond acceptors (Lipinski definition) is 1. The molecule has 1 heterocycles. The molecule has 3 heteroatoms. The van der Waals surface area contributed by atoms with E-state index in [9.17, 15) is 0 Å². The van der Waals surface area contributed by atoms with Crippen LogP contribution in [0.4, 0.5) is 17.1 Å². The molecule has 0 aliphatic rings. The lowest BCUT2D eigenvalue weighted by molar-refractivity contribution is 1.18. The summed E-state index contributed by atoms with van der Waals surface area (Å²) in [5.41, 5.74) is 11.6. The van der Waals surface area contributed by atoms with Crippen molar-refractivity contribution < 1.29 is 0 Å². The van der Waals surface area contributed by atoms with E-state index < -0.39 is 8.07 Å². The number of nitrogens with zero attached hydrogens (tertiary/aromatic N) is 2. The molecule has 0 bridgehead atoms. The maximum Gasteiger partial charge on any atom is 0.179 e. The standard InChI is InChI=1S/C64H46N2Si/c1-5-20-51(21-6-1)66-63-31-16-15-29-61(63)62-45-36-50(46-64(62)66)47-32-37-52(38-33-47)65(53-39-34-49(35-40-53)60-30-17-19-48-18-13-14-28-59(48)60)54-41-43-58(44-42-54)67(55-22-7-2-8-23-55,56-24-9-3-10-25-56)57-26-11-4-12-27-57/h1-46H. The fraction of sp³-hybridized carbons (Fsp3) is 0. The van der Waals surface area contributed by atoms with Crippen molar-refractivity contribution in [2.45, 2.75) is 0 Å². The van der Waals surface area contributed by atoms with Crippen LogP contribution in [0.25, 0.3) is 60.5 Å². The summed E-state index contributed by atoms with van der Waals surface area (Å²) in [5.74, 6) is 0. The van der Waals surface area contributed by atoms with Crippen molar-refractivity contribution in [2.75, 3.05) is 4.90 Å². The zero-order chi connectivity index (χ0) is 44.6. The SMILES string of the molecule is c1ccc(-n2c3ccccc3c3ccc(-c4ccc(N(c5ccc(-c6cccc7ccccc67)cc5)c5ccc([Si](c6ccccc6)(c6ccccc6)c6ccccc6)cc5)cc4)cc32)cc1. The van der Waals surface area contributed by atoms with Gasteiger partial charge in [-0.3, -0.25) is 0 Å². The van der Waals surface area contributed by atoms with Gasteiger partial charge in [0.2, 0.25) is 0 Å². The van der Waals surface area contributed by atoms with Crippen LogP contribution in [0.1, 0.15) is 0 Å². The van der Waals surface area contributed by atoms with E-state index in [0.717, 1.165) is 22.7 Å². The highest BCUT2D eigenvalue weighted by molar-refractivity contribution is 7.19. The van der Waals surface area contributed by atoms with Gasteiger partial charge < -0.3 is 9.47 Å². The molecule has 12 aromatic rings. The largest absolute Gasteiger partial charge is 0.311 e. The van der Waals surface area contributed by atoms with Crippen molar-refractivity contribution in [3.63, 3.8) is 0 Å². The maximum atomic E-state index is 2.40. The van der Waals surface area contributed by atoms with Gasteiger partial charge in [-0.25, -0.2) is 0 Å². The summed E-state index contributed by atoms with van der Waals surface area (Å²) in [6.07, 6.45) is 0. The molecule has 12 rings (SSSR count). The lowest BCUT2D eigenvalue weighted by Crippen LogP contribution is -2.74. The van der Waals surface area contributed by atoms with Crippen LogP contribution >= 0.6 is 0 Å². The second kappa shape index (κ2) is 17.1. The Morgan fingerprint density at radius 2 is 0.716 bits per heavy atom. The minimum absolute atomic E-state index is 1.09. The lowest BCUT2D eigenvalue weighted by Gasteiger charge is -2.35. The van der Waals surface area contributed by atoms with Gasteiger partial charge in [-0.2, -0.15) is 0 Å². The Bertz CT molecular complexity index is 3540. The quantitative estimate of drug-likeness (QED) is 0.0982. The Hall–Kier alpha value is -8.50. The van der Waals surface area contributed by atoms with Crippen LogP contribution in [0.3, 0.4) is 0 Å². The molecular formula is C64H46N2Si. The first-order valence-corrected chi connectivity index (χ1v) is 25.1. The molecule has 11 aromatic carbocycles. The van der Waals surface area contributed by atoms with Crippen LogP contribution in [0, 0.1) is 0 Å². The highest BCUT2D eigenvalue weighted by atomic mass is 28.3. The first-order valence-electron chi connectivity index (χ1n) is 23.1. The van der Waals surface area contributed by atoms with E-state index in [0.29, 0.717) is 0 Å². The van der Waals surface area contributed by atoms with Gasteiger partial charge in [-0.05, 0) is 114 Å². The zero-order valence-corrected chi connectivity index (χ0v) is 38.0. The van der Waals surface area contributed by atoms with Crippen molar-refractivity contribution in [1.29, 1.82) is 0 Å². The fourth-order valence-corrected chi connectivity index (χ4v) is 15.2. The molecule has 0 aliphatic carbocycles. The molecule has 316 valence electrons. The summed E-state index contributed by atoms with van der Waals surface area (Å²) in [6.45, 7) is 0. The molecule has 1 aromatic heterocycles. The van der Waals surface area contributed by atoms with Gasteiger partial charge in [-0.15, -0.1) is 0 Å². The number of hydrogen-bond donors (Lipinski definition) is 0. The summed E-state index contributed by atoms with van der Waals surface area (Å²) in [7, 11) is -2.71. The molecular weight excluding hydrogens is 825 g/mol. The molecule has 2 nitrogen and oxygen atoms in total. The third-order valence-electron chi connectivity index (χ3n) is 13.6. The highest BCUT2D eigenvalue weighted by Gasteiger charge is 2.41. The van der Waals surface area contributed by atoms with Crippen molar-refractivity contribution >= 4 is 78.5 Å². The van der Waals surface area contributed by atoms with Gasteiger partial charge >= 0.3 is 0 Å². The zero-order valence-electron chi connectivity index (χ0n) is 37.0. The molecule has 0 radical (unpaired) electrons. The Kier molecular flexibility index (Phi) is 10.2. The van der Waals surface area contributed by atoms with E-state index >= 15 is 0 Å². The third-order valence-corrected chi connectivity index (χ3v) is 18.3. The normalized spacial score (nSPS) is 11.6. The van der Waals surface area contributed by atoms with Crippen LogP contribution in [-0.2, 0) is 0 Å². The monoisotopic (exact) mass is 870 g/mol. The predicted molar refractivity (Wildman–Crippen MR) is 287 cm³/mol. The Morgan fingerprint density at radius 3 is 1.31 bits per heavy atom. The van der Waals surface area contributed by atoms with Crippen LogP contribution in [-0.4, -0.2) is 12.6 Å². The number of anilines is 3. The van der Waals surface area contributed by atoms with Crippen LogP contribution in [0.2, 0.25) is 0 Å². The van der Waals surface area contributed by atoms with Gasteiger partial charge in [0, 0.05) is 33.5 Å².